The van der Waals surface area contributed by atoms with E-state index in [1.54, 1.807) is 13.2 Å². The summed E-state index contributed by atoms with van der Waals surface area (Å²) in [7, 11) is 1.64. The topological polar surface area (TPSA) is 26.3 Å². The maximum Gasteiger partial charge on any atom is 0.150 e. The van der Waals surface area contributed by atoms with Gasteiger partial charge in [-0.25, -0.2) is 0 Å². The molecule has 0 amide bonds. The molecule has 86 valence electrons. The maximum absolute atomic E-state index is 10.7. The summed E-state index contributed by atoms with van der Waals surface area (Å²) in [6, 6.07) is 13.3. The molecule has 0 N–H and O–H groups in total. The Hall–Kier alpha value is -1.61. The van der Waals surface area contributed by atoms with E-state index < -0.39 is 0 Å². The molecule has 2 nitrogen and oxygen atoms in total. The Morgan fingerprint density at radius 2 is 1.82 bits per heavy atom. The summed E-state index contributed by atoms with van der Waals surface area (Å²) in [5.74, 6) is 0.828. The lowest BCUT2D eigenvalue weighted by molar-refractivity contribution is 0.112. The second-order valence-electron chi connectivity index (χ2n) is 3.59. The lowest BCUT2D eigenvalue weighted by atomic mass is 10.0. The summed E-state index contributed by atoms with van der Waals surface area (Å²) >= 11 is 3.47. The Labute approximate surface area is 108 Å². The van der Waals surface area contributed by atoms with Crippen molar-refractivity contribution in [3.8, 4) is 16.9 Å². The van der Waals surface area contributed by atoms with Gasteiger partial charge in [0.2, 0.25) is 0 Å². The molecule has 2 aromatic rings. The van der Waals surface area contributed by atoms with E-state index in [0.717, 1.165) is 27.6 Å². The van der Waals surface area contributed by atoms with Crippen molar-refractivity contribution in [2.45, 2.75) is 0 Å². The standard InChI is InChI=1S/C14H11BrO2/c1-17-12-5-3-11(4-6-12)13-7-2-10(9-16)8-14(13)15/h2-9H,1H3. The van der Waals surface area contributed by atoms with Crippen molar-refractivity contribution >= 4 is 22.2 Å². The van der Waals surface area contributed by atoms with Crippen molar-refractivity contribution in [3.63, 3.8) is 0 Å². The van der Waals surface area contributed by atoms with E-state index in [1.165, 1.54) is 0 Å². The molecule has 0 spiro atoms. The van der Waals surface area contributed by atoms with Crippen molar-refractivity contribution in [2.75, 3.05) is 7.11 Å². The molecule has 0 atom stereocenters. The lowest BCUT2D eigenvalue weighted by Gasteiger charge is -2.06. The van der Waals surface area contributed by atoms with Crippen LogP contribution in [0.4, 0.5) is 0 Å². The zero-order valence-electron chi connectivity index (χ0n) is 9.31. The molecule has 0 fully saturated rings. The number of benzene rings is 2. The first-order valence-electron chi connectivity index (χ1n) is 5.14. The Morgan fingerprint density at radius 1 is 1.12 bits per heavy atom. The molecule has 2 rings (SSSR count). The van der Waals surface area contributed by atoms with Gasteiger partial charge in [0, 0.05) is 10.0 Å². The van der Waals surface area contributed by atoms with Gasteiger partial charge in [-0.1, -0.05) is 40.2 Å². The molecular formula is C14H11BrO2. The Balaban J connectivity index is 2.41. The van der Waals surface area contributed by atoms with Crippen LogP contribution in [0.2, 0.25) is 0 Å². The summed E-state index contributed by atoms with van der Waals surface area (Å²) in [5.41, 5.74) is 2.79. The van der Waals surface area contributed by atoms with Gasteiger partial charge >= 0.3 is 0 Å². The van der Waals surface area contributed by atoms with Crippen LogP contribution >= 0.6 is 15.9 Å². The molecule has 17 heavy (non-hydrogen) atoms. The van der Waals surface area contributed by atoms with E-state index in [2.05, 4.69) is 15.9 Å². The predicted molar refractivity (Wildman–Crippen MR) is 71.5 cm³/mol. The van der Waals surface area contributed by atoms with E-state index in [-0.39, 0.29) is 0 Å². The van der Waals surface area contributed by atoms with Gasteiger partial charge in [0.1, 0.15) is 12.0 Å². The minimum absolute atomic E-state index is 0.661. The fourth-order valence-electron chi connectivity index (χ4n) is 1.61. The van der Waals surface area contributed by atoms with Gasteiger partial charge in [-0.2, -0.15) is 0 Å². The molecule has 2 aromatic carbocycles. The molecule has 0 aromatic heterocycles. The highest BCUT2D eigenvalue weighted by Gasteiger charge is 2.04. The monoisotopic (exact) mass is 290 g/mol. The molecule has 0 radical (unpaired) electrons. The SMILES string of the molecule is COc1ccc(-c2ccc(C=O)cc2Br)cc1. The minimum Gasteiger partial charge on any atom is -0.497 e. The van der Waals surface area contributed by atoms with Crippen LogP contribution in [-0.2, 0) is 0 Å². The highest BCUT2D eigenvalue weighted by Crippen LogP contribution is 2.29. The molecule has 0 bridgehead atoms. The van der Waals surface area contributed by atoms with Gasteiger partial charge in [-0.3, -0.25) is 4.79 Å². The zero-order valence-corrected chi connectivity index (χ0v) is 10.9. The maximum atomic E-state index is 10.7. The number of hydrogen-bond acceptors (Lipinski definition) is 2. The number of rotatable bonds is 3. The number of halogens is 1. The number of carbonyl (C=O) groups is 1. The number of methoxy groups -OCH3 is 1. The molecule has 0 aliphatic rings. The summed E-state index contributed by atoms with van der Waals surface area (Å²) in [5, 5.41) is 0. The lowest BCUT2D eigenvalue weighted by Crippen LogP contribution is -1.85. The zero-order chi connectivity index (χ0) is 12.3. The number of ether oxygens (including phenoxy) is 1. The van der Waals surface area contributed by atoms with Crippen LogP contribution in [0, 0.1) is 0 Å². The van der Waals surface area contributed by atoms with Gasteiger partial charge < -0.3 is 4.74 Å². The normalized spacial score (nSPS) is 10.0. The largest absolute Gasteiger partial charge is 0.497 e. The summed E-state index contributed by atoms with van der Waals surface area (Å²) in [6.07, 6.45) is 0.836. The van der Waals surface area contributed by atoms with Gasteiger partial charge in [0.15, 0.2) is 0 Å². The number of carbonyl (C=O) groups excluding carboxylic acids is 1. The third-order valence-electron chi connectivity index (χ3n) is 2.53. The first kappa shape index (κ1) is 11.9. The van der Waals surface area contributed by atoms with E-state index in [9.17, 15) is 4.79 Å². The average Bonchev–Trinajstić information content (AvgIpc) is 2.39. The van der Waals surface area contributed by atoms with Gasteiger partial charge in [-0.15, -0.1) is 0 Å². The highest BCUT2D eigenvalue weighted by atomic mass is 79.9. The number of aldehydes is 1. The molecule has 0 saturated heterocycles. The van der Waals surface area contributed by atoms with Crippen LogP contribution in [0.3, 0.4) is 0 Å². The van der Waals surface area contributed by atoms with Gasteiger partial charge in [-0.05, 0) is 29.3 Å². The molecule has 0 heterocycles. The van der Waals surface area contributed by atoms with Crippen LogP contribution < -0.4 is 4.74 Å². The summed E-state index contributed by atoms with van der Waals surface area (Å²) in [4.78, 5) is 10.7. The van der Waals surface area contributed by atoms with Crippen molar-refractivity contribution in [3.05, 3.63) is 52.5 Å². The quantitative estimate of drug-likeness (QED) is 0.801. The smallest absolute Gasteiger partial charge is 0.150 e. The molecule has 0 saturated carbocycles. The van der Waals surface area contributed by atoms with Crippen molar-refractivity contribution in [1.82, 2.24) is 0 Å². The summed E-state index contributed by atoms with van der Waals surface area (Å²) < 4.78 is 6.02. The molecule has 0 unspecified atom stereocenters. The third kappa shape index (κ3) is 2.56. The predicted octanol–water partition coefficient (Wildman–Crippen LogP) is 3.94. The molecule has 0 aliphatic heterocycles. The second-order valence-corrected chi connectivity index (χ2v) is 4.44. The van der Waals surface area contributed by atoms with Crippen LogP contribution in [-0.4, -0.2) is 13.4 Å². The first-order chi connectivity index (χ1) is 8.24. The Kier molecular flexibility index (Phi) is 3.59. The average molecular weight is 291 g/mol. The van der Waals surface area contributed by atoms with Crippen LogP contribution in [0.25, 0.3) is 11.1 Å². The summed E-state index contributed by atoms with van der Waals surface area (Å²) in [6.45, 7) is 0. The molecular weight excluding hydrogens is 280 g/mol. The van der Waals surface area contributed by atoms with Crippen molar-refractivity contribution in [1.29, 1.82) is 0 Å². The number of hydrogen-bond donors (Lipinski definition) is 0. The van der Waals surface area contributed by atoms with Gasteiger partial charge in [0.25, 0.3) is 0 Å². The van der Waals surface area contributed by atoms with E-state index >= 15 is 0 Å². The minimum atomic E-state index is 0.661. The Bertz CT molecular complexity index is 532. The van der Waals surface area contributed by atoms with E-state index in [1.807, 2.05) is 36.4 Å². The molecule has 0 aliphatic carbocycles. The van der Waals surface area contributed by atoms with E-state index in [4.69, 9.17) is 4.74 Å². The highest BCUT2D eigenvalue weighted by molar-refractivity contribution is 9.10. The third-order valence-corrected chi connectivity index (χ3v) is 3.19. The fourth-order valence-corrected chi connectivity index (χ4v) is 2.23. The fraction of sp³-hybridized carbons (Fsp3) is 0.0714. The van der Waals surface area contributed by atoms with Crippen LogP contribution in [0.15, 0.2) is 46.9 Å². The second kappa shape index (κ2) is 5.15. The van der Waals surface area contributed by atoms with Crippen LogP contribution in [0.5, 0.6) is 5.75 Å². The first-order valence-corrected chi connectivity index (χ1v) is 5.93. The van der Waals surface area contributed by atoms with E-state index in [0.29, 0.717) is 5.56 Å². The van der Waals surface area contributed by atoms with Crippen LogP contribution in [0.1, 0.15) is 10.4 Å². The Morgan fingerprint density at radius 3 is 2.35 bits per heavy atom. The molecule has 3 heteroatoms. The van der Waals surface area contributed by atoms with Gasteiger partial charge in [0.05, 0.1) is 7.11 Å². The van der Waals surface area contributed by atoms with Crippen molar-refractivity contribution < 1.29 is 9.53 Å². The van der Waals surface area contributed by atoms with Crippen molar-refractivity contribution in [2.24, 2.45) is 0 Å².